The van der Waals surface area contributed by atoms with Gasteiger partial charge in [-0.15, -0.1) is 0 Å². The van der Waals surface area contributed by atoms with Crippen molar-refractivity contribution in [2.45, 2.75) is 18.7 Å². The third-order valence-electron chi connectivity index (χ3n) is 5.06. The third kappa shape index (κ3) is 2.79. The molecule has 1 N–H and O–H groups in total. The lowest BCUT2D eigenvalue weighted by Gasteiger charge is -2.38. The number of fused-ring (bicyclic) bond motifs is 3. The highest BCUT2D eigenvalue weighted by Gasteiger charge is 2.41. The quantitative estimate of drug-likeness (QED) is 0.603. The van der Waals surface area contributed by atoms with E-state index in [1.54, 1.807) is 6.07 Å². The highest BCUT2D eigenvalue weighted by Crippen LogP contribution is 2.49. The molecule has 134 valence electrons. The number of para-hydroxylation sites is 1. The van der Waals surface area contributed by atoms with Crippen molar-refractivity contribution in [2.75, 3.05) is 0 Å². The molecule has 2 atom stereocenters. The van der Waals surface area contributed by atoms with Crippen LogP contribution in [0.25, 0.3) is 0 Å². The Morgan fingerprint density at radius 2 is 1.74 bits per heavy atom. The number of hydrogen-bond acceptors (Lipinski definition) is 4. The van der Waals surface area contributed by atoms with Gasteiger partial charge in [-0.05, 0) is 35.9 Å². The van der Waals surface area contributed by atoms with Gasteiger partial charge in [0.2, 0.25) is 6.23 Å². The molecule has 0 fully saturated rings. The highest BCUT2D eigenvalue weighted by molar-refractivity contribution is 9.10. The Kier molecular flexibility index (Phi) is 3.90. The van der Waals surface area contributed by atoms with Crippen molar-refractivity contribution in [2.24, 2.45) is 5.10 Å². The van der Waals surface area contributed by atoms with E-state index in [2.05, 4.69) is 34.1 Å². The standard InChI is InChI=1S/C22H17BrN2O2/c23-15-10-11-21-17(12-15)19-13-18(14-6-2-1-3-7-14)24-25(19)22(27-21)16-8-4-5-9-20(16)26/h1-12,19,22,26H,13H2/t19-,22+/m1/s1. The summed E-state index contributed by atoms with van der Waals surface area (Å²) in [5.74, 6) is 1.04. The number of halogens is 1. The van der Waals surface area contributed by atoms with E-state index in [1.165, 1.54) is 0 Å². The van der Waals surface area contributed by atoms with Gasteiger partial charge in [-0.2, -0.15) is 5.10 Å². The van der Waals surface area contributed by atoms with E-state index in [-0.39, 0.29) is 11.8 Å². The van der Waals surface area contributed by atoms with Crippen LogP contribution in [0.1, 0.15) is 35.4 Å². The Hall–Kier alpha value is -2.79. The van der Waals surface area contributed by atoms with Crippen LogP contribution in [-0.2, 0) is 0 Å². The van der Waals surface area contributed by atoms with Gasteiger partial charge < -0.3 is 9.84 Å². The summed E-state index contributed by atoms with van der Waals surface area (Å²) in [6.45, 7) is 0. The van der Waals surface area contributed by atoms with E-state index >= 15 is 0 Å². The van der Waals surface area contributed by atoms with Crippen LogP contribution in [0.4, 0.5) is 0 Å². The lowest BCUT2D eigenvalue weighted by molar-refractivity contribution is -0.0203. The van der Waals surface area contributed by atoms with Gasteiger partial charge in [0.1, 0.15) is 11.5 Å². The summed E-state index contributed by atoms with van der Waals surface area (Å²) in [6, 6.07) is 23.6. The first-order valence-electron chi connectivity index (χ1n) is 8.86. The molecule has 2 aliphatic heterocycles. The molecule has 0 saturated heterocycles. The molecule has 5 heteroatoms. The second-order valence-corrected chi connectivity index (χ2v) is 7.64. The second kappa shape index (κ2) is 6.43. The molecule has 0 aliphatic carbocycles. The molecular formula is C22H17BrN2O2. The van der Waals surface area contributed by atoms with Gasteiger partial charge in [-0.25, -0.2) is 5.01 Å². The summed E-state index contributed by atoms with van der Waals surface area (Å²) in [4.78, 5) is 0. The molecule has 0 bridgehead atoms. The SMILES string of the molecule is Oc1ccccc1[C@@H]1Oc2ccc(Br)cc2[C@H]2CC(c3ccccc3)=NN21. The number of hydrogen-bond donors (Lipinski definition) is 1. The first kappa shape index (κ1) is 16.4. The summed E-state index contributed by atoms with van der Waals surface area (Å²) in [7, 11) is 0. The van der Waals surface area contributed by atoms with Crippen molar-refractivity contribution in [3.8, 4) is 11.5 Å². The Morgan fingerprint density at radius 1 is 0.963 bits per heavy atom. The number of nitrogens with zero attached hydrogens (tertiary/aromatic N) is 2. The maximum Gasteiger partial charge on any atom is 0.217 e. The molecule has 3 aromatic rings. The van der Waals surface area contributed by atoms with Crippen LogP contribution >= 0.6 is 15.9 Å². The van der Waals surface area contributed by atoms with Crippen molar-refractivity contribution in [3.05, 3.63) is 94.0 Å². The molecule has 0 aromatic heterocycles. The first-order chi connectivity index (χ1) is 13.2. The fourth-order valence-electron chi connectivity index (χ4n) is 3.76. The molecule has 27 heavy (non-hydrogen) atoms. The summed E-state index contributed by atoms with van der Waals surface area (Å²) in [5.41, 5.74) is 3.96. The van der Waals surface area contributed by atoms with Crippen LogP contribution < -0.4 is 4.74 Å². The average molecular weight is 421 g/mol. The zero-order valence-corrected chi connectivity index (χ0v) is 16.0. The summed E-state index contributed by atoms with van der Waals surface area (Å²) in [6.07, 6.45) is 0.326. The normalized spacial score (nSPS) is 20.5. The van der Waals surface area contributed by atoms with Crippen molar-refractivity contribution < 1.29 is 9.84 Å². The number of phenolic OH excluding ortho intramolecular Hbond substituents is 1. The Balaban J connectivity index is 1.64. The molecule has 4 nitrogen and oxygen atoms in total. The number of benzene rings is 3. The Labute approximate surface area is 165 Å². The molecule has 0 spiro atoms. The van der Waals surface area contributed by atoms with Crippen molar-refractivity contribution in [1.29, 1.82) is 0 Å². The molecule has 2 heterocycles. The van der Waals surface area contributed by atoms with E-state index in [1.807, 2.05) is 53.5 Å². The fraction of sp³-hybridized carbons (Fsp3) is 0.136. The van der Waals surface area contributed by atoms with Crippen molar-refractivity contribution >= 4 is 21.6 Å². The number of hydrazone groups is 1. The lowest BCUT2D eigenvalue weighted by atomic mass is 9.96. The highest BCUT2D eigenvalue weighted by atomic mass is 79.9. The van der Waals surface area contributed by atoms with E-state index in [0.717, 1.165) is 33.5 Å². The molecule has 0 saturated carbocycles. The fourth-order valence-corrected chi connectivity index (χ4v) is 4.14. The molecule has 0 radical (unpaired) electrons. The van der Waals surface area contributed by atoms with Crippen LogP contribution in [0.5, 0.6) is 11.5 Å². The van der Waals surface area contributed by atoms with E-state index in [0.29, 0.717) is 5.56 Å². The topological polar surface area (TPSA) is 45.1 Å². The van der Waals surface area contributed by atoms with Gasteiger partial charge >= 0.3 is 0 Å². The third-order valence-corrected chi connectivity index (χ3v) is 5.55. The van der Waals surface area contributed by atoms with Gasteiger partial charge in [0.05, 0.1) is 17.3 Å². The van der Waals surface area contributed by atoms with E-state index < -0.39 is 6.23 Å². The monoisotopic (exact) mass is 420 g/mol. The Morgan fingerprint density at radius 3 is 2.56 bits per heavy atom. The molecular weight excluding hydrogens is 404 g/mol. The number of phenols is 1. The molecule has 0 amide bonds. The van der Waals surface area contributed by atoms with Crippen LogP contribution in [0.2, 0.25) is 0 Å². The van der Waals surface area contributed by atoms with Gasteiger partial charge in [0.15, 0.2) is 0 Å². The smallest absolute Gasteiger partial charge is 0.217 e. The maximum atomic E-state index is 10.4. The summed E-state index contributed by atoms with van der Waals surface area (Å²) in [5, 5.41) is 17.3. The summed E-state index contributed by atoms with van der Waals surface area (Å²) < 4.78 is 7.30. The van der Waals surface area contributed by atoms with E-state index in [9.17, 15) is 5.11 Å². The number of aromatic hydroxyl groups is 1. The van der Waals surface area contributed by atoms with Gasteiger partial charge in [0, 0.05) is 16.5 Å². The minimum absolute atomic E-state index is 0.0612. The zero-order chi connectivity index (χ0) is 18.4. The van der Waals surface area contributed by atoms with Crippen molar-refractivity contribution in [1.82, 2.24) is 5.01 Å². The number of ether oxygens (including phenoxy) is 1. The van der Waals surface area contributed by atoms with Gasteiger partial charge in [0.25, 0.3) is 0 Å². The molecule has 2 aliphatic rings. The van der Waals surface area contributed by atoms with Gasteiger partial charge in [-0.3, -0.25) is 0 Å². The van der Waals surface area contributed by atoms with Crippen molar-refractivity contribution in [3.63, 3.8) is 0 Å². The maximum absolute atomic E-state index is 10.4. The minimum atomic E-state index is -0.467. The largest absolute Gasteiger partial charge is 0.507 e. The first-order valence-corrected chi connectivity index (χ1v) is 9.65. The van der Waals surface area contributed by atoms with Crippen LogP contribution in [0.15, 0.2) is 82.4 Å². The predicted molar refractivity (Wildman–Crippen MR) is 108 cm³/mol. The number of rotatable bonds is 2. The van der Waals surface area contributed by atoms with Gasteiger partial charge in [-0.1, -0.05) is 58.4 Å². The zero-order valence-electron chi connectivity index (χ0n) is 14.4. The molecule has 3 aromatic carbocycles. The minimum Gasteiger partial charge on any atom is -0.507 e. The average Bonchev–Trinajstić information content (AvgIpc) is 3.15. The summed E-state index contributed by atoms with van der Waals surface area (Å²) >= 11 is 3.57. The molecule has 0 unspecified atom stereocenters. The lowest BCUT2D eigenvalue weighted by Crippen LogP contribution is -2.33. The predicted octanol–water partition coefficient (Wildman–Crippen LogP) is 5.40. The Bertz CT molecular complexity index is 1040. The van der Waals surface area contributed by atoms with E-state index in [4.69, 9.17) is 9.84 Å². The molecule has 5 rings (SSSR count). The van der Waals surface area contributed by atoms with Crippen LogP contribution in [-0.4, -0.2) is 15.8 Å². The van der Waals surface area contributed by atoms with Crippen LogP contribution in [0.3, 0.4) is 0 Å². The van der Waals surface area contributed by atoms with Crippen LogP contribution in [0, 0.1) is 0 Å². The second-order valence-electron chi connectivity index (χ2n) is 6.72.